The molecule has 0 aliphatic heterocycles. The molecule has 230 valence electrons. The van der Waals surface area contributed by atoms with Crippen LogP contribution in [-0.2, 0) is 10.8 Å². The highest BCUT2D eigenvalue weighted by Gasteiger charge is 2.55. The molecule has 0 atom stereocenters. The Morgan fingerprint density at radius 1 is 0.500 bits per heavy atom. The zero-order chi connectivity index (χ0) is 29.8. The third-order valence-electron chi connectivity index (χ3n) is 12.7. The summed E-state index contributed by atoms with van der Waals surface area (Å²) in [7, 11) is 0. The van der Waals surface area contributed by atoms with Gasteiger partial charge in [-0.2, -0.15) is 0 Å². The molecule has 0 unspecified atom stereocenters. The Morgan fingerprint density at radius 3 is 1.11 bits per heavy atom. The first kappa shape index (κ1) is 27.1. The van der Waals surface area contributed by atoms with Crippen LogP contribution in [0.4, 0.5) is 20.2 Å². The largest absolute Gasteiger partial charge is 0.457 e. The van der Waals surface area contributed by atoms with Gasteiger partial charge in [-0.15, -0.1) is 0 Å². The minimum Gasteiger partial charge on any atom is -0.457 e. The lowest BCUT2D eigenvalue weighted by atomic mass is 9.47. The van der Waals surface area contributed by atoms with Gasteiger partial charge in [-0.1, -0.05) is 0 Å². The van der Waals surface area contributed by atoms with Crippen LogP contribution in [0, 0.1) is 47.1 Å². The van der Waals surface area contributed by atoms with E-state index < -0.39 is 11.6 Å². The summed E-state index contributed by atoms with van der Waals surface area (Å²) in [5, 5.41) is 0. The van der Waals surface area contributed by atoms with Crippen molar-refractivity contribution in [3.8, 4) is 23.0 Å². The van der Waals surface area contributed by atoms with E-state index in [2.05, 4.69) is 12.1 Å². The molecule has 0 saturated heterocycles. The maximum atomic E-state index is 14.2. The Kier molecular flexibility index (Phi) is 5.91. The molecular formula is C38H42F2N2O2. The van der Waals surface area contributed by atoms with Crippen LogP contribution in [0.2, 0.25) is 0 Å². The van der Waals surface area contributed by atoms with Crippen LogP contribution in [0.3, 0.4) is 0 Å². The van der Waals surface area contributed by atoms with Crippen LogP contribution >= 0.6 is 0 Å². The van der Waals surface area contributed by atoms with Crippen molar-refractivity contribution in [1.29, 1.82) is 0 Å². The van der Waals surface area contributed by atoms with Crippen molar-refractivity contribution in [2.45, 2.75) is 87.9 Å². The highest BCUT2D eigenvalue weighted by atomic mass is 19.1. The summed E-state index contributed by atoms with van der Waals surface area (Å²) >= 11 is 0. The Balaban J connectivity index is 1.23. The average molecular weight is 597 g/mol. The van der Waals surface area contributed by atoms with E-state index in [1.54, 1.807) is 24.3 Å². The van der Waals surface area contributed by atoms with Gasteiger partial charge in [-0.05, 0) is 160 Å². The molecule has 11 rings (SSSR count). The molecule has 0 heterocycles. The zero-order valence-electron chi connectivity index (χ0n) is 25.3. The first-order valence-electron chi connectivity index (χ1n) is 16.9. The van der Waals surface area contributed by atoms with Gasteiger partial charge >= 0.3 is 0 Å². The second kappa shape index (κ2) is 9.61. The Labute approximate surface area is 258 Å². The third-order valence-corrected chi connectivity index (χ3v) is 12.7. The predicted octanol–water partition coefficient (Wildman–Crippen LogP) is 9.65. The van der Waals surface area contributed by atoms with E-state index in [1.807, 2.05) is 0 Å². The van der Waals surface area contributed by atoms with Crippen LogP contribution in [0.1, 0.15) is 88.2 Å². The van der Waals surface area contributed by atoms with Crippen molar-refractivity contribution in [2.24, 2.45) is 35.5 Å². The lowest BCUT2D eigenvalue weighted by Crippen LogP contribution is -2.49. The molecule has 8 aliphatic rings. The van der Waals surface area contributed by atoms with Crippen molar-refractivity contribution in [3.05, 3.63) is 71.3 Å². The lowest BCUT2D eigenvalue weighted by Gasteiger charge is -2.58. The van der Waals surface area contributed by atoms with Crippen molar-refractivity contribution >= 4 is 11.4 Å². The highest BCUT2D eigenvalue weighted by Crippen LogP contribution is 2.65. The van der Waals surface area contributed by atoms with Crippen LogP contribution < -0.4 is 20.9 Å². The number of halogens is 2. The minimum absolute atomic E-state index is 0.0234. The van der Waals surface area contributed by atoms with E-state index in [0.29, 0.717) is 11.5 Å². The Hall–Kier alpha value is -3.28. The summed E-state index contributed by atoms with van der Waals surface area (Å²) in [6, 6.07) is 14.0. The molecule has 3 aromatic rings. The Morgan fingerprint density at radius 2 is 0.818 bits per heavy atom. The van der Waals surface area contributed by atoms with Gasteiger partial charge in [0.05, 0.1) is 11.4 Å². The third kappa shape index (κ3) is 4.34. The van der Waals surface area contributed by atoms with Crippen LogP contribution in [0.5, 0.6) is 23.0 Å². The average Bonchev–Trinajstić information content (AvgIpc) is 2.96. The van der Waals surface area contributed by atoms with Gasteiger partial charge in [0.25, 0.3) is 0 Å². The molecular weight excluding hydrogens is 554 g/mol. The minimum atomic E-state index is -0.435. The van der Waals surface area contributed by atoms with Gasteiger partial charge in [0.2, 0.25) is 0 Å². The van der Waals surface area contributed by atoms with Crippen molar-refractivity contribution in [2.75, 3.05) is 11.5 Å². The molecule has 44 heavy (non-hydrogen) atoms. The van der Waals surface area contributed by atoms with E-state index in [1.165, 1.54) is 100 Å². The van der Waals surface area contributed by atoms with Gasteiger partial charge in [0, 0.05) is 23.3 Å². The number of ether oxygens (including phenoxy) is 2. The molecule has 8 fully saturated rings. The summed E-state index contributed by atoms with van der Waals surface area (Å²) < 4.78 is 42.0. The molecule has 6 heteroatoms. The molecule has 0 radical (unpaired) electrons. The van der Waals surface area contributed by atoms with Crippen molar-refractivity contribution in [3.63, 3.8) is 0 Å². The molecule has 8 bridgehead atoms. The first-order chi connectivity index (χ1) is 21.2. The molecule has 3 aromatic carbocycles. The number of rotatable bonds is 6. The fourth-order valence-corrected chi connectivity index (χ4v) is 11.9. The van der Waals surface area contributed by atoms with E-state index >= 15 is 0 Å². The van der Waals surface area contributed by atoms with E-state index in [9.17, 15) is 8.78 Å². The normalized spacial score (nSPS) is 36.1. The molecule has 4 N–H and O–H groups in total. The smallest absolute Gasteiger partial charge is 0.146 e. The standard InChI is InChI=1S/C38H42F2N2O2/c39-31-3-1-27(11-33(31)41)43-35-13-30(38-18-24-8-25(19-38)10-26(9-24)20-38)36(44-28-2-4-32(40)34(42)12-28)14-29(35)37-15-21-5-22(16-37)7-23(6-21)17-37/h1-4,11-14,21-26H,5-10,15-20,41-42H2. The molecule has 8 aliphatic carbocycles. The van der Waals surface area contributed by atoms with Crippen LogP contribution in [-0.4, -0.2) is 0 Å². The van der Waals surface area contributed by atoms with Gasteiger partial charge in [0.15, 0.2) is 0 Å². The number of nitrogens with two attached hydrogens (primary N) is 2. The number of anilines is 2. The molecule has 0 spiro atoms. The fourth-order valence-electron chi connectivity index (χ4n) is 11.9. The number of nitrogen functional groups attached to an aromatic ring is 2. The summed E-state index contributed by atoms with van der Waals surface area (Å²) in [6.45, 7) is 0. The molecule has 0 amide bonds. The van der Waals surface area contributed by atoms with Crippen LogP contribution in [0.15, 0.2) is 48.5 Å². The highest BCUT2D eigenvalue weighted by molar-refractivity contribution is 5.58. The monoisotopic (exact) mass is 596 g/mol. The molecule has 8 saturated carbocycles. The summed E-state index contributed by atoms with van der Waals surface area (Å²) in [5.41, 5.74) is 14.7. The molecule has 4 nitrogen and oxygen atoms in total. The zero-order valence-corrected chi connectivity index (χ0v) is 25.3. The fraction of sp³-hybridized carbons (Fsp3) is 0.526. The number of hydrogen-bond donors (Lipinski definition) is 2. The summed E-state index contributed by atoms with van der Waals surface area (Å²) in [5.74, 6) is 6.49. The van der Waals surface area contributed by atoms with E-state index in [4.69, 9.17) is 20.9 Å². The number of benzene rings is 3. The van der Waals surface area contributed by atoms with E-state index in [-0.39, 0.29) is 22.2 Å². The summed E-state index contributed by atoms with van der Waals surface area (Å²) in [6.07, 6.45) is 15.0. The van der Waals surface area contributed by atoms with Crippen molar-refractivity contribution in [1.82, 2.24) is 0 Å². The number of hydrogen-bond acceptors (Lipinski definition) is 4. The van der Waals surface area contributed by atoms with Gasteiger partial charge in [-0.3, -0.25) is 0 Å². The maximum absolute atomic E-state index is 14.2. The summed E-state index contributed by atoms with van der Waals surface area (Å²) in [4.78, 5) is 0. The first-order valence-corrected chi connectivity index (χ1v) is 16.9. The lowest BCUT2D eigenvalue weighted by molar-refractivity contribution is -0.00824. The second-order valence-electron chi connectivity index (χ2n) is 15.8. The SMILES string of the molecule is Nc1cc(Oc2cc(C34CC5CC(CC(C5)C3)C4)c(Oc3ccc(F)c(N)c3)cc2C23CC4CC(CC(C4)C2)C3)ccc1F. The van der Waals surface area contributed by atoms with Crippen LogP contribution in [0.25, 0.3) is 0 Å². The van der Waals surface area contributed by atoms with Gasteiger partial charge in [0.1, 0.15) is 34.6 Å². The van der Waals surface area contributed by atoms with Crippen molar-refractivity contribution < 1.29 is 18.3 Å². The Bertz CT molecular complexity index is 1460. The van der Waals surface area contributed by atoms with Gasteiger partial charge in [-0.25, -0.2) is 8.78 Å². The molecule has 0 aromatic heterocycles. The van der Waals surface area contributed by atoms with Gasteiger partial charge < -0.3 is 20.9 Å². The quantitative estimate of drug-likeness (QED) is 0.278. The second-order valence-corrected chi connectivity index (χ2v) is 15.8. The van der Waals surface area contributed by atoms with E-state index in [0.717, 1.165) is 47.0 Å². The predicted molar refractivity (Wildman–Crippen MR) is 168 cm³/mol. The maximum Gasteiger partial charge on any atom is 0.146 e. The topological polar surface area (TPSA) is 70.5 Å².